The molecule has 0 aliphatic carbocycles. The minimum atomic E-state index is -0.511. The highest BCUT2D eigenvalue weighted by molar-refractivity contribution is 5.79. The van der Waals surface area contributed by atoms with E-state index < -0.39 is 11.7 Å². The smallest absolute Gasteiger partial charge is 0.408 e. The predicted molar refractivity (Wildman–Crippen MR) is 93.9 cm³/mol. The molecular weight excluding hydrogens is 296 g/mol. The molecule has 0 bridgehead atoms. The van der Waals surface area contributed by atoms with Crippen molar-refractivity contribution < 1.29 is 14.3 Å². The third-order valence-electron chi connectivity index (χ3n) is 3.54. The number of carbonyl (C=O) groups is 1. The van der Waals surface area contributed by atoms with Gasteiger partial charge in [-0.15, -0.1) is 0 Å². The second kappa shape index (κ2) is 10.3. The fraction of sp³-hybridized carbons (Fsp3) is 0.875. The second-order valence-corrected chi connectivity index (χ2v) is 6.46. The van der Waals surface area contributed by atoms with E-state index >= 15 is 0 Å². The SMILES string of the molecule is CCC(CC)(CNC(=NC)NCCOC)NC(=O)OC(C)(C)C. The normalized spacial score (nSPS) is 12.7. The standard InChI is InChI=1S/C16H34N4O3/c1-8-16(9-2,20-14(21)23-15(3,4)5)12-19-13(17-6)18-10-11-22-7/h8-12H2,1-7H3,(H,20,21)(H2,17,18,19). The number of ether oxygens (including phenoxy) is 2. The molecule has 136 valence electrons. The Bertz CT molecular complexity index is 374. The number of nitrogens with one attached hydrogen (secondary N) is 3. The van der Waals surface area contributed by atoms with E-state index in [4.69, 9.17) is 9.47 Å². The summed E-state index contributed by atoms with van der Waals surface area (Å²) >= 11 is 0. The molecule has 7 heteroatoms. The number of guanidine groups is 1. The van der Waals surface area contributed by atoms with Crippen molar-refractivity contribution >= 4 is 12.1 Å². The summed E-state index contributed by atoms with van der Waals surface area (Å²) in [6, 6.07) is 0. The Hall–Kier alpha value is -1.50. The number of amides is 1. The fourth-order valence-corrected chi connectivity index (χ4v) is 1.99. The molecule has 0 fully saturated rings. The summed E-state index contributed by atoms with van der Waals surface area (Å²) in [7, 11) is 3.37. The van der Waals surface area contributed by atoms with Crippen molar-refractivity contribution in [2.45, 2.75) is 58.6 Å². The van der Waals surface area contributed by atoms with Gasteiger partial charge in [0.25, 0.3) is 0 Å². The molecule has 3 N–H and O–H groups in total. The van der Waals surface area contributed by atoms with Crippen LogP contribution in [0.1, 0.15) is 47.5 Å². The average Bonchev–Trinajstić information content (AvgIpc) is 2.47. The number of hydrogen-bond donors (Lipinski definition) is 3. The maximum absolute atomic E-state index is 12.1. The lowest BCUT2D eigenvalue weighted by atomic mass is 9.93. The molecule has 0 spiro atoms. The van der Waals surface area contributed by atoms with Crippen molar-refractivity contribution in [1.29, 1.82) is 0 Å². The molecule has 0 aromatic heterocycles. The highest BCUT2D eigenvalue weighted by Gasteiger charge is 2.30. The van der Waals surface area contributed by atoms with Gasteiger partial charge in [-0.2, -0.15) is 0 Å². The van der Waals surface area contributed by atoms with Crippen molar-refractivity contribution in [3.8, 4) is 0 Å². The van der Waals surface area contributed by atoms with E-state index in [-0.39, 0.29) is 5.54 Å². The van der Waals surface area contributed by atoms with Crippen LogP contribution in [-0.2, 0) is 9.47 Å². The summed E-state index contributed by atoms with van der Waals surface area (Å²) in [5, 5.41) is 9.41. The van der Waals surface area contributed by atoms with Gasteiger partial charge in [0.1, 0.15) is 5.60 Å². The summed E-state index contributed by atoms with van der Waals surface area (Å²) in [4.78, 5) is 16.3. The van der Waals surface area contributed by atoms with Crippen molar-refractivity contribution in [1.82, 2.24) is 16.0 Å². The first-order valence-electron chi connectivity index (χ1n) is 8.16. The molecule has 0 rings (SSSR count). The molecule has 0 radical (unpaired) electrons. The maximum atomic E-state index is 12.1. The van der Waals surface area contributed by atoms with Crippen LogP contribution in [0.5, 0.6) is 0 Å². The van der Waals surface area contributed by atoms with E-state index in [2.05, 4.69) is 20.9 Å². The van der Waals surface area contributed by atoms with Gasteiger partial charge >= 0.3 is 6.09 Å². The Balaban J connectivity index is 4.66. The Morgan fingerprint density at radius 1 is 1.13 bits per heavy atom. The van der Waals surface area contributed by atoms with Gasteiger partial charge in [0, 0.05) is 27.2 Å². The van der Waals surface area contributed by atoms with Gasteiger partial charge in [-0.05, 0) is 33.6 Å². The number of methoxy groups -OCH3 is 1. The van der Waals surface area contributed by atoms with Gasteiger partial charge in [0.05, 0.1) is 12.1 Å². The molecule has 0 saturated carbocycles. The maximum Gasteiger partial charge on any atom is 0.408 e. The highest BCUT2D eigenvalue weighted by atomic mass is 16.6. The number of aliphatic imine (C=N–C) groups is 1. The molecule has 0 atom stereocenters. The number of carbonyl (C=O) groups excluding carboxylic acids is 1. The Kier molecular flexibility index (Phi) is 9.64. The van der Waals surface area contributed by atoms with Crippen LogP contribution < -0.4 is 16.0 Å². The predicted octanol–water partition coefficient (Wildman–Crippen LogP) is 1.88. The van der Waals surface area contributed by atoms with E-state index in [9.17, 15) is 4.79 Å². The van der Waals surface area contributed by atoms with Crippen molar-refractivity contribution in [2.24, 2.45) is 4.99 Å². The molecule has 0 aromatic carbocycles. The van der Waals surface area contributed by atoms with E-state index in [0.717, 1.165) is 12.8 Å². The largest absolute Gasteiger partial charge is 0.444 e. The molecule has 23 heavy (non-hydrogen) atoms. The van der Waals surface area contributed by atoms with Crippen LogP contribution in [0.3, 0.4) is 0 Å². The van der Waals surface area contributed by atoms with Crippen molar-refractivity contribution in [3.05, 3.63) is 0 Å². The number of hydrogen-bond acceptors (Lipinski definition) is 4. The van der Waals surface area contributed by atoms with Crippen LogP contribution in [-0.4, -0.2) is 57.0 Å². The Morgan fingerprint density at radius 3 is 2.17 bits per heavy atom. The zero-order valence-electron chi connectivity index (χ0n) is 15.7. The van der Waals surface area contributed by atoms with Crippen LogP contribution >= 0.6 is 0 Å². The van der Waals surface area contributed by atoms with Crippen LogP contribution in [0.4, 0.5) is 4.79 Å². The van der Waals surface area contributed by atoms with E-state index in [1.165, 1.54) is 0 Å². The summed E-state index contributed by atoms with van der Waals surface area (Å²) < 4.78 is 10.4. The number of nitrogens with zero attached hydrogens (tertiary/aromatic N) is 1. The second-order valence-electron chi connectivity index (χ2n) is 6.46. The van der Waals surface area contributed by atoms with E-state index in [0.29, 0.717) is 25.7 Å². The number of rotatable bonds is 8. The van der Waals surface area contributed by atoms with E-state index in [1.807, 2.05) is 34.6 Å². The van der Waals surface area contributed by atoms with Crippen LogP contribution in [0, 0.1) is 0 Å². The summed E-state index contributed by atoms with van der Waals surface area (Å²) in [5.41, 5.74) is -0.899. The Morgan fingerprint density at radius 2 is 1.74 bits per heavy atom. The molecule has 0 aromatic rings. The third kappa shape index (κ3) is 9.28. The topological polar surface area (TPSA) is 84.0 Å². The molecule has 0 aliphatic rings. The van der Waals surface area contributed by atoms with Gasteiger partial charge in [-0.25, -0.2) is 4.79 Å². The molecular formula is C16H34N4O3. The van der Waals surface area contributed by atoms with Gasteiger partial charge in [-0.3, -0.25) is 4.99 Å². The molecule has 0 unspecified atom stereocenters. The molecule has 1 amide bonds. The molecule has 0 aliphatic heterocycles. The average molecular weight is 330 g/mol. The first-order chi connectivity index (χ1) is 10.7. The third-order valence-corrected chi connectivity index (χ3v) is 3.54. The lowest BCUT2D eigenvalue weighted by Crippen LogP contribution is -2.57. The van der Waals surface area contributed by atoms with Crippen LogP contribution in [0.15, 0.2) is 4.99 Å². The summed E-state index contributed by atoms with van der Waals surface area (Å²) in [5.74, 6) is 0.680. The van der Waals surface area contributed by atoms with Crippen molar-refractivity contribution in [3.63, 3.8) is 0 Å². The summed E-state index contributed by atoms with van der Waals surface area (Å²) in [6.45, 7) is 11.5. The van der Waals surface area contributed by atoms with Crippen molar-refractivity contribution in [2.75, 3.05) is 33.9 Å². The lowest BCUT2D eigenvalue weighted by Gasteiger charge is -2.34. The molecule has 0 heterocycles. The minimum Gasteiger partial charge on any atom is -0.444 e. The number of alkyl carbamates (subject to hydrolysis) is 1. The van der Waals surface area contributed by atoms with Crippen LogP contribution in [0.25, 0.3) is 0 Å². The highest BCUT2D eigenvalue weighted by Crippen LogP contribution is 2.16. The van der Waals surface area contributed by atoms with Gasteiger partial charge in [0.2, 0.25) is 0 Å². The minimum absolute atomic E-state index is 0.388. The summed E-state index contributed by atoms with van der Waals surface area (Å²) in [6.07, 6.45) is 1.17. The van der Waals surface area contributed by atoms with Crippen LogP contribution in [0.2, 0.25) is 0 Å². The molecule has 0 saturated heterocycles. The quantitative estimate of drug-likeness (QED) is 0.359. The Labute approximate surface area is 140 Å². The first-order valence-corrected chi connectivity index (χ1v) is 8.16. The van der Waals surface area contributed by atoms with Gasteiger partial charge < -0.3 is 25.4 Å². The zero-order chi connectivity index (χ0) is 17.9. The lowest BCUT2D eigenvalue weighted by molar-refractivity contribution is 0.0448. The fourth-order valence-electron chi connectivity index (χ4n) is 1.99. The molecule has 7 nitrogen and oxygen atoms in total. The van der Waals surface area contributed by atoms with Gasteiger partial charge in [0.15, 0.2) is 5.96 Å². The van der Waals surface area contributed by atoms with E-state index in [1.54, 1.807) is 14.2 Å². The first kappa shape index (κ1) is 21.5. The monoisotopic (exact) mass is 330 g/mol. The zero-order valence-corrected chi connectivity index (χ0v) is 15.7. The van der Waals surface area contributed by atoms with Gasteiger partial charge in [-0.1, -0.05) is 13.8 Å².